The Kier molecular flexibility index (Phi) is 2.07. The maximum atomic E-state index is 11.1. The van der Waals surface area contributed by atoms with E-state index < -0.39 is 0 Å². The Morgan fingerprint density at radius 3 is 3.09 bits per heavy atom. The molecular formula is C8H8N2O. The highest BCUT2D eigenvalue weighted by molar-refractivity contribution is 5.95. The number of terminal acetylenes is 1. The third kappa shape index (κ3) is 1.47. The topological polar surface area (TPSA) is 34.9 Å². The predicted octanol–water partition coefficient (Wildman–Crippen LogP) is 0.626. The largest absolute Gasteiger partial charge is 0.331 e. The van der Waals surface area contributed by atoms with Crippen LogP contribution in [0.15, 0.2) is 12.5 Å². The van der Waals surface area contributed by atoms with Gasteiger partial charge in [-0.3, -0.25) is 4.79 Å². The van der Waals surface area contributed by atoms with Crippen LogP contribution in [0.25, 0.3) is 0 Å². The van der Waals surface area contributed by atoms with Crippen LogP contribution < -0.4 is 0 Å². The Labute approximate surface area is 65.1 Å². The summed E-state index contributed by atoms with van der Waals surface area (Å²) in [4.78, 5) is 14.9. The van der Waals surface area contributed by atoms with Crippen LogP contribution in [0.1, 0.15) is 16.9 Å². The Morgan fingerprint density at radius 1 is 1.91 bits per heavy atom. The molecule has 0 fully saturated rings. The molecule has 0 aromatic carbocycles. The van der Waals surface area contributed by atoms with Crippen LogP contribution in [-0.2, 0) is 7.05 Å². The van der Waals surface area contributed by atoms with Gasteiger partial charge in [-0.2, -0.15) is 0 Å². The average Bonchev–Trinajstić information content (AvgIpc) is 2.36. The van der Waals surface area contributed by atoms with Gasteiger partial charge in [0.05, 0.1) is 18.9 Å². The van der Waals surface area contributed by atoms with E-state index in [2.05, 4.69) is 10.9 Å². The van der Waals surface area contributed by atoms with Crippen molar-refractivity contribution in [1.29, 1.82) is 0 Å². The smallest absolute Gasteiger partial charge is 0.192 e. The van der Waals surface area contributed by atoms with Crippen molar-refractivity contribution in [3.63, 3.8) is 0 Å². The van der Waals surface area contributed by atoms with Crippen molar-refractivity contribution in [2.24, 2.45) is 7.05 Å². The van der Waals surface area contributed by atoms with E-state index in [4.69, 9.17) is 6.42 Å². The Morgan fingerprint density at radius 2 is 2.64 bits per heavy atom. The highest BCUT2D eigenvalue weighted by Crippen LogP contribution is 1.99. The molecule has 0 saturated carbocycles. The number of hydrogen-bond acceptors (Lipinski definition) is 2. The highest BCUT2D eigenvalue weighted by atomic mass is 16.1. The molecule has 0 aliphatic heterocycles. The quantitative estimate of drug-likeness (QED) is 0.455. The molecule has 0 atom stereocenters. The van der Waals surface area contributed by atoms with Gasteiger partial charge in [0.1, 0.15) is 5.69 Å². The van der Waals surface area contributed by atoms with Crippen LogP contribution in [0.3, 0.4) is 0 Å². The van der Waals surface area contributed by atoms with Crippen molar-refractivity contribution in [2.45, 2.75) is 6.42 Å². The maximum Gasteiger partial charge on any atom is 0.192 e. The molecule has 3 heteroatoms. The molecule has 0 N–H and O–H groups in total. The number of Topliss-reactive ketones (excluding diaryl/α,β-unsaturated/α-hetero) is 1. The lowest BCUT2D eigenvalue weighted by Crippen LogP contribution is -2.03. The zero-order valence-corrected chi connectivity index (χ0v) is 6.24. The van der Waals surface area contributed by atoms with E-state index in [0.717, 1.165) is 0 Å². The molecule has 0 amide bonds. The predicted molar refractivity (Wildman–Crippen MR) is 41.0 cm³/mol. The molecule has 1 aromatic rings. The van der Waals surface area contributed by atoms with Crippen molar-refractivity contribution in [3.8, 4) is 12.3 Å². The zero-order chi connectivity index (χ0) is 8.27. The summed E-state index contributed by atoms with van der Waals surface area (Å²) < 4.78 is 1.65. The number of hydrogen-bond donors (Lipinski definition) is 0. The minimum absolute atomic E-state index is 0.0625. The summed E-state index contributed by atoms with van der Waals surface area (Å²) in [6.45, 7) is 0. The second-order valence-corrected chi connectivity index (χ2v) is 2.19. The first-order valence-electron chi connectivity index (χ1n) is 3.18. The second-order valence-electron chi connectivity index (χ2n) is 2.19. The van der Waals surface area contributed by atoms with Gasteiger partial charge in [-0.15, -0.1) is 6.42 Å². The van der Waals surface area contributed by atoms with E-state index in [1.165, 1.54) is 6.20 Å². The summed E-state index contributed by atoms with van der Waals surface area (Å²) in [5.74, 6) is 2.23. The highest BCUT2D eigenvalue weighted by Gasteiger charge is 2.06. The van der Waals surface area contributed by atoms with Gasteiger partial charge >= 0.3 is 0 Å². The number of nitrogens with zero attached hydrogens (tertiary/aromatic N) is 2. The number of aryl methyl sites for hydroxylation is 1. The Bertz CT molecular complexity index is 306. The van der Waals surface area contributed by atoms with Crippen molar-refractivity contribution >= 4 is 5.78 Å². The Balaban J connectivity index is 2.86. The first kappa shape index (κ1) is 7.55. The first-order valence-corrected chi connectivity index (χ1v) is 3.18. The SMILES string of the molecule is C#CCC(=O)c1cncn1C. The summed E-state index contributed by atoms with van der Waals surface area (Å²) in [5, 5.41) is 0. The molecule has 11 heavy (non-hydrogen) atoms. The molecule has 0 unspecified atom stereocenters. The number of rotatable bonds is 2. The number of carbonyl (C=O) groups is 1. The van der Waals surface area contributed by atoms with Gasteiger partial charge in [-0.1, -0.05) is 5.92 Å². The van der Waals surface area contributed by atoms with Gasteiger partial charge in [0.2, 0.25) is 0 Å². The summed E-state index contributed by atoms with van der Waals surface area (Å²) in [6, 6.07) is 0. The first-order chi connectivity index (χ1) is 5.25. The van der Waals surface area contributed by atoms with Crippen molar-refractivity contribution in [1.82, 2.24) is 9.55 Å². The fourth-order valence-electron chi connectivity index (χ4n) is 0.809. The molecule has 0 bridgehead atoms. The minimum atomic E-state index is -0.0625. The van der Waals surface area contributed by atoms with Gasteiger partial charge in [0.15, 0.2) is 5.78 Å². The molecule has 3 nitrogen and oxygen atoms in total. The van der Waals surface area contributed by atoms with E-state index in [1.54, 1.807) is 17.9 Å². The van der Waals surface area contributed by atoms with E-state index in [1.807, 2.05) is 0 Å². The number of ketones is 1. The number of imidazole rings is 1. The number of aromatic nitrogens is 2. The molecule has 1 aromatic heterocycles. The van der Waals surface area contributed by atoms with E-state index in [-0.39, 0.29) is 12.2 Å². The normalized spacial score (nSPS) is 9.09. The van der Waals surface area contributed by atoms with Gasteiger partial charge in [0.25, 0.3) is 0 Å². The molecule has 0 aliphatic carbocycles. The minimum Gasteiger partial charge on any atom is -0.331 e. The van der Waals surface area contributed by atoms with Crippen LogP contribution in [-0.4, -0.2) is 15.3 Å². The fraction of sp³-hybridized carbons (Fsp3) is 0.250. The summed E-state index contributed by atoms with van der Waals surface area (Å²) in [7, 11) is 1.76. The molecule has 0 spiro atoms. The van der Waals surface area contributed by atoms with Crippen molar-refractivity contribution in [2.75, 3.05) is 0 Å². The van der Waals surface area contributed by atoms with Crippen molar-refractivity contribution < 1.29 is 4.79 Å². The van der Waals surface area contributed by atoms with Gasteiger partial charge in [-0.25, -0.2) is 4.98 Å². The van der Waals surface area contributed by atoms with Crippen LogP contribution in [0.2, 0.25) is 0 Å². The average molecular weight is 148 g/mol. The standard InChI is InChI=1S/C8H8N2O/c1-3-4-8(11)7-5-9-6-10(7)2/h1,5-6H,4H2,2H3. The van der Waals surface area contributed by atoms with Crippen LogP contribution in [0, 0.1) is 12.3 Å². The number of carbonyl (C=O) groups excluding carboxylic acids is 1. The zero-order valence-electron chi connectivity index (χ0n) is 6.24. The summed E-state index contributed by atoms with van der Waals surface area (Å²) >= 11 is 0. The molecule has 1 rings (SSSR count). The monoisotopic (exact) mass is 148 g/mol. The molecule has 1 heterocycles. The lowest BCUT2D eigenvalue weighted by molar-refractivity contribution is 0.0990. The summed E-state index contributed by atoms with van der Waals surface area (Å²) in [6.07, 6.45) is 8.21. The molecular weight excluding hydrogens is 140 g/mol. The van der Waals surface area contributed by atoms with E-state index >= 15 is 0 Å². The lowest BCUT2D eigenvalue weighted by Gasteiger charge is -1.95. The Hall–Kier alpha value is -1.56. The van der Waals surface area contributed by atoms with Crippen LogP contribution in [0.4, 0.5) is 0 Å². The lowest BCUT2D eigenvalue weighted by atomic mass is 10.2. The third-order valence-electron chi connectivity index (χ3n) is 1.36. The molecule has 0 radical (unpaired) electrons. The van der Waals surface area contributed by atoms with E-state index in [9.17, 15) is 4.79 Å². The third-order valence-corrected chi connectivity index (χ3v) is 1.36. The molecule has 0 aliphatic rings. The fourth-order valence-corrected chi connectivity index (χ4v) is 0.809. The second kappa shape index (κ2) is 3.02. The summed E-state index contributed by atoms with van der Waals surface area (Å²) in [5.41, 5.74) is 0.558. The molecule has 0 saturated heterocycles. The van der Waals surface area contributed by atoms with Gasteiger partial charge in [0, 0.05) is 7.05 Å². The maximum absolute atomic E-state index is 11.1. The van der Waals surface area contributed by atoms with Crippen LogP contribution >= 0.6 is 0 Å². The van der Waals surface area contributed by atoms with Gasteiger partial charge < -0.3 is 4.57 Å². The van der Waals surface area contributed by atoms with Crippen LogP contribution in [0.5, 0.6) is 0 Å². The van der Waals surface area contributed by atoms with Crippen molar-refractivity contribution in [3.05, 3.63) is 18.2 Å². The van der Waals surface area contributed by atoms with Gasteiger partial charge in [-0.05, 0) is 0 Å². The van der Waals surface area contributed by atoms with E-state index in [0.29, 0.717) is 5.69 Å². The molecule has 56 valence electrons.